The molecule has 25 heavy (non-hydrogen) atoms. The molecule has 6 heteroatoms. The fraction of sp³-hybridized carbons (Fsp3) is 0.368. The van der Waals surface area contributed by atoms with Gasteiger partial charge in [0.25, 0.3) is 10.2 Å². The molecule has 0 unspecified atom stereocenters. The van der Waals surface area contributed by atoms with Gasteiger partial charge in [-0.2, -0.15) is 17.4 Å². The maximum Gasteiger partial charge on any atom is 0.279 e. The summed E-state index contributed by atoms with van der Waals surface area (Å²) >= 11 is 0. The van der Waals surface area contributed by atoms with Crippen LogP contribution in [-0.4, -0.2) is 25.8 Å². The van der Waals surface area contributed by atoms with E-state index in [1.807, 2.05) is 54.6 Å². The summed E-state index contributed by atoms with van der Waals surface area (Å²) in [4.78, 5) is 0. The zero-order valence-electron chi connectivity index (χ0n) is 14.2. The minimum atomic E-state index is -3.40. The fourth-order valence-electron chi connectivity index (χ4n) is 2.91. The Hall–Kier alpha value is -1.73. The number of hydrogen-bond acceptors (Lipinski definition) is 3. The average Bonchev–Trinajstić information content (AvgIpc) is 3.18. The number of nitrogens with zero attached hydrogens (tertiary/aromatic N) is 1. The Morgan fingerprint density at radius 1 is 0.880 bits per heavy atom. The second-order valence-electron chi connectivity index (χ2n) is 6.18. The molecule has 1 aliphatic heterocycles. The lowest BCUT2D eigenvalue weighted by atomic mass is 10.1. The van der Waals surface area contributed by atoms with E-state index in [-0.39, 0.29) is 6.54 Å². The van der Waals surface area contributed by atoms with Gasteiger partial charge in [-0.3, -0.25) is 0 Å². The average molecular weight is 360 g/mol. The molecule has 0 amide bonds. The predicted molar refractivity (Wildman–Crippen MR) is 97.9 cm³/mol. The number of hydrogen-bond donors (Lipinski definition) is 1. The predicted octanol–water partition coefficient (Wildman–Crippen LogP) is 2.83. The molecule has 1 saturated heterocycles. The highest BCUT2D eigenvalue weighted by Gasteiger charge is 2.24. The van der Waals surface area contributed by atoms with Gasteiger partial charge in [-0.05, 0) is 29.5 Å². The topological polar surface area (TPSA) is 58.6 Å². The van der Waals surface area contributed by atoms with Crippen molar-refractivity contribution in [1.29, 1.82) is 0 Å². The number of nitrogens with one attached hydrogen (secondary N) is 1. The van der Waals surface area contributed by atoms with E-state index < -0.39 is 10.2 Å². The fourth-order valence-corrected chi connectivity index (χ4v) is 4.17. The van der Waals surface area contributed by atoms with Crippen LogP contribution in [0.25, 0.3) is 0 Å². The van der Waals surface area contributed by atoms with Crippen LogP contribution in [0.1, 0.15) is 29.5 Å². The van der Waals surface area contributed by atoms with Crippen molar-refractivity contribution in [2.24, 2.45) is 0 Å². The molecule has 1 fully saturated rings. The highest BCUT2D eigenvalue weighted by atomic mass is 32.2. The molecule has 3 rings (SSSR count). The third kappa shape index (κ3) is 5.12. The van der Waals surface area contributed by atoms with Gasteiger partial charge in [0, 0.05) is 19.6 Å². The maximum absolute atomic E-state index is 12.3. The van der Waals surface area contributed by atoms with Crippen LogP contribution in [-0.2, 0) is 34.7 Å². The monoisotopic (exact) mass is 360 g/mol. The van der Waals surface area contributed by atoms with Crippen molar-refractivity contribution in [3.63, 3.8) is 0 Å². The molecule has 0 radical (unpaired) electrons. The first-order chi connectivity index (χ1) is 12.1. The van der Waals surface area contributed by atoms with E-state index in [9.17, 15) is 8.42 Å². The van der Waals surface area contributed by atoms with Gasteiger partial charge in [-0.15, -0.1) is 0 Å². The Balaban J connectivity index is 1.57. The smallest absolute Gasteiger partial charge is 0.279 e. The van der Waals surface area contributed by atoms with Crippen LogP contribution in [0, 0.1) is 0 Å². The lowest BCUT2D eigenvalue weighted by molar-refractivity contribution is 0.106. The first-order valence-corrected chi connectivity index (χ1v) is 10.0. The summed E-state index contributed by atoms with van der Waals surface area (Å²) in [6, 6.07) is 17.8. The van der Waals surface area contributed by atoms with Gasteiger partial charge in [0.1, 0.15) is 0 Å². The van der Waals surface area contributed by atoms with Crippen LogP contribution in [0.2, 0.25) is 0 Å². The van der Waals surface area contributed by atoms with Crippen molar-refractivity contribution in [3.8, 4) is 0 Å². The van der Waals surface area contributed by atoms with Crippen LogP contribution in [0.4, 0.5) is 0 Å². The summed E-state index contributed by atoms with van der Waals surface area (Å²) in [6.45, 7) is 2.49. The molecule has 0 spiro atoms. The summed E-state index contributed by atoms with van der Waals surface area (Å²) in [7, 11) is -3.40. The molecule has 0 aliphatic carbocycles. The lowest BCUT2D eigenvalue weighted by Gasteiger charge is -2.17. The molecule has 0 atom stereocenters. The van der Waals surface area contributed by atoms with E-state index in [0.29, 0.717) is 26.3 Å². The van der Waals surface area contributed by atoms with Crippen molar-refractivity contribution in [2.45, 2.75) is 32.6 Å². The van der Waals surface area contributed by atoms with Gasteiger partial charge in [0.05, 0.1) is 13.2 Å². The van der Waals surface area contributed by atoms with Gasteiger partial charge < -0.3 is 4.74 Å². The maximum atomic E-state index is 12.3. The van der Waals surface area contributed by atoms with Gasteiger partial charge in [0.15, 0.2) is 0 Å². The largest absolute Gasteiger partial charge is 0.372 e. The Bertz CT molecular complexity index is 772. The van der Waals surface area contributed by atoms with E-state index in [2.05, 4.69) is 4.72 Å². The summed E-state index contributed by atoms with van der Waals surface area (Å²) in [5, 5.41) is 0. The van der Waals surface area contributed by atoms with Gasteiger partial charge in [0.2, 0.25) is 0 Å². The SMILES string of the molecule is O=S(=O)(NCc1ccccc1COCc1ccccc1)N1CCCC1. The van der Waals surface area contributed by atoms with E-state index >= 15 is 0 Å². The third-order valence-corrected chi connectivity index (χ3v) is 5.89. The molecule has 1 aliphatic rings. The van der Waals surface area contributed by atoms with E-state index in [0.717, 1.165) is 29.5 Å². The zero-order chi connectivity index (χ0) is 17.5. The summed E-state index contributed by atoms with van der Waals surface area (Å²) in [6.07, 6.45) is 1.87. The molecule has 5 nitrogen and oxygen atoms in total. The van der Waals surface area contributed by atoms with E-state index in [1.165, 1.54) is 4.31 Å². The van der Waals surface area contributed by atoms with Crippen molar-refractivity contribution in [3.05, 3.63) is 71.3 Å². The standard InChI is InChI=1S/C19H24N2O3S/c22-25(23,21-12-6-7-13-21)20-14-18-10-4-5-11-19(18)16-24-15-17-8-2-1-3-9-17/h1-5,8-11,20H,6-7,12-16H2. The first-order valence-electron chi connectivity index (χ1n) is 8.58. The molecule has 0 aromatic heterocycles. The Labute approximate surface area is 149 Å². The highest BCUT2D eigenvalue weighted by Crippen LogP contribution is 2.15. The molecule has 1 N–H and O–H groups in total. The van der Waals surface area contributed by atoms with Gasteiger partial charge >= 0.3 is 0 Å². The summed E-state index contributed by atoms with van der Waals surface area (Å²) in [5.74, 6) is 0. The zero-order valence-corrected chi connectivity index (χ0v) is 15.0. The minimum absolute atomic E-state index is 0.281. The Kier molecular flexibility index (Phi) is 6.20. The van der Waals surface area contributed by atoms with Crippen LogP contribution in [0.15, 0.2) is 54.6 Å². The van der Waals surface area contributed by atoms with Crippen LogP contribution in [0.5, 0.6) is 0 Å². The number of rotatable bonds is 8. The molecule has 1 heterocycles. The lowest BCUT2D eigenvalue weighted by Crippen LogP contribution is -2.38. The molecule has 2 aromatic carbocycles. The summed E-state index contributed by atoms with van der Waals surface area (Å²) in [5.41, 5.74) is 3.07. The quantitative estimate of drug-likeness (QED) is 0.787. The number of benzene rings is 2. The Morgan fingerprint density at radius 3 is 2.24 bits per heavy atom. The van der Waals surface area contributed by atoms with Crippen molar-refractivity contribution in [1.82, 2.24) is 9.03 Å². The molecule has 0 bridgehead atoms. The van der Waals surface area contributed by atoms with Crippen LogP contribution < -0.4 is 4.72 Å². The molecule has 134 valence electrons. The second-order valence-corrected chi connectivity index (χ2v) is 7.93. The number of ether oxygens (including phenoxy) is 1. The normalized spacial score (nSPS) is 15.5. The second kappa shape index (κ2) is 8.58. The molecule has 0 saturated carbocycles. The highest BCUT2D eigenvalue weighted by molar-refractivity contribution is 7.87. The molecule has 2 aromatic rings. The van der Waals surface area contributed by atoms with Gasteiger partial charge in [-0.25, -0.2) is 0 Å². The van der Waals surface area contributed by atoms with Crippen LogP contribution >= 0.6 is 0 Å². The molecular formula is C19H24N2O3S. The van der Waals surface area contributed by atoms with E-state index in [4.69, 9.17) is 4.74 Å². The third-order valence-electron chi connectivity index (χ3n) is 4.34. The summed E-state index contributed by atoms with van der Waals surface area (Å²) < 4.78 is 34.6. The Morgan fingerprint density at radius 2 is 1.52 bits per heavy atom. The first kappa shape index (κ1) is 18.1. The van der Waals surface area contributed by atoms with Crippen LogP contribution in [0.3, 0.4) is 0 Å². The van der Waals surface area contributed by atoms with Crippen molar-refractivity contribution < 1.29 is 13.2 Å². The van der Waals surface area contributed by atoms with E-state index in [1.54, 1.807) is 0 Å². The van der Waals surface area contributed by atoms with Gasteiger partial charge in [-0.1, -0.05) is 54.6 Å². The van der Waals surface area contributed by atoms with Crippen molar-refractivity contribution in [2.75, 3.05) is 13.1 Å². The minimum Gasteiger partial charge on any atom is -0.372 e. The molecular weight excluding hydrogens is 336 g/mol. The van der Waals surface area contributed by atoms with Crippen molar-refractivity contribution >= 4 is 10.2 Å².